The van der Waals surface area contributed by atoms with Crippen LogP contribution in [0.3, 0.4) is 0 Å². The Morgan fingerprint density at radius 2 is 1.84 bits per heavy atom. The summed E-state index contributed by atoms with van der Waals surface area (Å²) >= 11 is 6.09. The molecule has 3 rings (SSSR count). The van der Waals surface area contributed by atoms with E-state index in [4.69, 9.17) is 11.6 Å². The zero-order chi connectivity index (χ0) is 18.1. The molecule has 0 spiro atoms. The van der Waals surface area contributed by atoms with Crippen LogP contribution in [0.4, 0.5) is 11.4 Å². The number of carbonyl (C=O) groups is 1. The number of hydrogen-bond donors (Lipinski definition) is 1. The van der Waals surface area contributed by atoms with E-state index in [0.717, 1.165) is 22.2 Å². The van der Waals surface area contributed by atoms with Gasteiger partial charge >= 0.3 is 0 Å². The van der Waals surface area contributed by atoms with Crippen molar-refractivity contribution in [3.8, 4) is 0 Å². The van der Waals surface area contributed by atoms with Crippen molar-refractivity contribution in [1.82, 2.24) is 4.98 Å². The minimum Gasteiger partial charge on any atom is -0.376 e. The van der Waals surface area contributed by atoms with Gasteiger partial charge in [0.25, 0.3) is 5.91 Å². The second-order valence-corrected chi connectivity index (χ2v) is 6.76. The van der Waals surface area contributed by atoms with Gasteiger partial charge in [0.05, 0.1) is 28.1 Å². The Kier molecular flexibility index (Phi) is 4.64. The first-order valence-electron chi connectivity index (χ1n) is 8.01. The summed E-state index contributed by atoms with van der Waals surface area (Å²) in [6, 6.07) is 13.3. The van der Waals surface area contributed by atoms with Gasteiger partial charge in [-0.05, 0) is 49.7 Å². The van der Waals surface area contributed by atoms with Crippen LogP contribution in [0.15, 0.2) is 42.5 Å². The quantitative estimate of drug-likeness (QED) is 0.734. The molecule has 1 N–H and O–H groups in total. The summed E-state index contributed by atoms with van der Waals surface area (Å²) in [4.78, 5) is 19.3. The van der Waals surface area contributed by atoms with Gasteiger partial charge in [-0.3, -0.25) is 9.78 Å². The number of fused-ring (bicyclic) bond motifs is 1. The van der Waals surface area contributed by atoms with Crippen LogP contribution in [0.2, 0.25) is 5.02 Å². The lowest BCUT2D eigenvalue weighted by Crippen LogP contribution is -2.18. The number of carbonyl (C=O) groups excluding carboxylic acids is 1. The highest BCUT2D eigenvalue weighted by molar-refractivity contribution is 6.31. The Labute approximate surface area is 152 Å². The number of hydrogen-bond acceptors (Lipinski definition) is 3. The standard InChI is InChI=1S/C20H20ClN3O/c1-12-5-6-14-10-16(13(2)22-17(14)9-12)20(25)23-18-11-15(21)7-8-19(18)24(3)4/h5-11H,1-4H3,(H,23,25). The molecule has 0 bridgehead atoms. The number of aryl methyl sites for hydroxylation is 2. The summed E-state index contributed by atoms with van der Waals surface area (Å²) in [5.41, 5.74) is 4.85. The summed E-state index contributed by atoms with van der Waals surface area (Å²) in [7, 11) is 3.84. The average molecular weight is 354 g/mol. The Bertz CT molecular complexity index is 967. The molecule has 1 amide bonds. The van der Waals surface area contributed by atoms with E-state index in [9.17, 15) is 4.79 Å². The normalized spacial score (nSPS) is 10.8. The number of amides is 1. The first-order chi connectivity index (χ1) is 11.8. The van der Waals surface area contributed by atoms with E-state index >= 15 is 0 Å². The Balaban J connectivity index is 1.99. The maximum atomic E-state index is 12.8. The Hall–Kier alpha value is -2.59. The molecule has 25 heavy (non-hydrogen) atoms. The summed E-state index contributed by atoms with van der Waals surface area (Å²) in [6.45, 7) is 3.88. The van der Waals surface area contributed by atoms with Crippen molar-refractivity contribution in [1.29, 1.82) is 0 Å². The molecule has 0 fully saturated rings. The molecular weight excluding hydrogens is 334 g/mol. The van der Waals surface area contributed by atoms with Gasteiger partial charge in [0, 0.05) is 24.5 Å². The number of halogens is 1. The zero-order valence-electron chi connectivity index (χ0n) is 14.7. The van der Waals surface area contributed by atoms with Crippen molar-refractivity contribution in [2.24, 2.45) is 0 Å². The summed E-state index contributed by atoms with van der Waals surface area (Å²) < 4.78 is 0. The summed E-state index contributed by atoms with van der Waals surface area (Å²) in [5, 5.41) is 4.48. The summed E-state index contributed by atoms with van der Waals surface area (Å²) in [6.07, 6.45) is 0. The van der Waals surface area contributed by atoms with Crippen LogP contribution >= 0.6 is 11.6 Å². The van der Waals surface area contributed by atoms with E-state index in [1.165, 1.54) is 0 Å². The first kappa shape index (κ1) is 17.2. The van der Waals surface area contributed by atoms with Crippen LogP contribution < -0.4 is 10.2 Å². The van der Waals surface area contributed by atoms with Crippen LogP contribution in [0.25, 0.3) is 10.9 Å². The van der Waals surface area contributed by atoms with Gasteiger partial charge in [0.2, 0.25) is 0 Å². The van der Waals surface area contributed by atoms with Gasteiger partial charge < -0.3 is 10.2 Å². The molecule has 2 aromatic carbocycles. The van der Waals surface area contributed by atoms with E-state index < -0.39 is 0 Å². The Morgan fingerprint density at radius 3 is 2.56 bits per heavy atom. The van der Waals surface area contributed by atoms with Gasteiger partial charge in [0.1, 0.15) is 0 Å². The van der Waals surface area contributed by atoms with E-state index in [0.29, 0.717) is 22.0 Å². The molecule has 3 aromatic rings. The average Bonchev–Trinajstić information content (AvgIpc) is 2.53. The lowest BCUT2D eigenvalue weighted by Gasteiger charge is -2.18. The van der Waals surface area contributed by atoms with E-state index in [-0.39, 0.29) is 5.91 Å². The third-order valence-electron chi connectivity index (χ3n) is 4.10. The van der Waals surface area contributed by atoms with Gasteiger partial charge in [0.15, 0.2) is 0 Å². The monoisotopic (exact) mass is 353 g/mol. The van der Waals surface area contributed by atoms with Gasteiger partial charge in [-0.1, -0.05) is 23.7 Å². The second-order valence-electron chi connectivity index (χ2n) is 6.33. The van der Waals surface area contributed by atoms with E-state index in [2.05, 4.69) is 10.3 Å². The fraction of sp³-hybridized carbons (Fsp3) is 0.200. The van der Waals surface area contributed by atoms with Crippen molar-refractivity contribution >= 4 is 39.8 Å². The smallest absolute Gasteiger partial charge is 0.257 e. The Morgan fingerprint density at radius 1 is 1.08 bits per heavy atom. The zero-order valence-corrected chi connectivity index (χ0v) is 15.5. The molecule has 0 atom stereocenters. The van der Waals surface area contributed by atoms with E-state index in [1.807, 2.05) is 63.2 Å². The summed E-state index contributed by atoms with van der Waals surface area (Å²) in [5.74, 6) is -0.196. The molecule has 5 heteroatoms. The molecule has 0 saturated heterocycles. The lowest BCUT2D eigenvalue weighted by molar-refractivity contribution is 0.102. The van der Waals surface area contributed by atoms with Crippen molar-refractivity contribution in [2.75, 3.05) is 24.3 Å². The molecule has 0 saturated carbocycles. The van der Waals surface area contributed by atoms with Crippen molar-refractivity contribution in [2.45, 2.75) is 13.8 Å². The molecule has 128 valence electrons. The van der Waals surface area contributed by atoms with Crippen molar-refractivity contribution < 1.29 is 4.79 Å². The fourth-order valence-electron chi connectivity index (χ4n) is 2.79. The second kappa shape index (κ2) is 6.73. The molecule has 0 unspecified atom stereocenters. The number of anilines is 2. The number of nitrogens with one attached hydrogen (secondary N) is 1. The molecule has 4 nitrogen and oxygen atoms in total. The van der Waals surface area contributed by atoms with Crippen LogP contribution in [0.1, 0.15) is 21.6 Å². The van der Waals surface area contributed by atoms with Crippen molar-refractivity contribution in [3.63, 3.8) is 0 Å². The largest absolute Gasteiger partial charge is 0.376 e. The minimum atomic E-state index is -0.196. The third kappa shape index (κ3) is 3.59. The molecule has 1 aromatic heterocycles. The van der Waals surface area contributed by atoms with Gasteiger partial charge in [-0.2, -0.15) is 0 Å². The predicted octanol–water partition coefficient (Wildman–Crippen LogP) is 4.82. The van der Waals surface area contributed by atoms with E-state index in [1.54, 1.807) is 12.1 Å². The first-order valence-corrected chi connectivity index (χ1v) is 8.39. The van der Waals surface area contributed by atoms with Crippen LogP contribution in [-0.4, -0.2) is 25.0 Å². The number of rotatable bonds is 3. The highest BCUT2D eigenvalue weighted by atomic mass is 35.5. The number of aromatic nitrogens is 1. The molecule has 0 radical (unpaired) electrons. The van der Waals surface area contributed by atoms with Crippen LogP contribution in [0, 0.1) is 13.8 Å². The molecule has 0 aliphatic carbocycles. The highest BCUT2D eigenvalue weighted by Gasteiger charge is 2.15. The third-order valence-corrected chi connectivity index (χ3v) is 4.33. The van der Waals surface area contributed by atoms with Crippen molar-refractivity contribution in [3.05, 3.63) is 64.3 Å². The topological polar surface area (TPSA) is 45.2 Å². The molecule has 0 aliphatic rings. The lowest BCUT2D eigenvalue weighted by atomic mass is 10.1. The SMILES string of the molecule is Cc1ccc2cc(C(=O)Nc3cc(Cl)ccc3N(C)C)c(C)nc2c1. The van der Waals surface area contributed by atoms with Gasteiger partial charge in [-0.25, -0.2) is 0 Å². The maximum Gasteiger partial charge on any atom is 0.257 e. The van der Waals surface area contributed by atoms with Gasteiger partial charge in [-0.15, -0.1) is 0 Å². The molecule has 1 heterocycles. The highest BCUT2D eigenvalue weighted by Crippen LogP contribution is 2.28. The molecule has 0 aliphatic heterocycles. The number of benzene rings is 2. The minimum absolute atomic E-state index is 0.196. The maximum absolute atomic E-state index is 12.8. The number of pyridine rings is 1. The van der Waals surface area contributed by atoms with Crippen LogP contribution in [0.5, 0.6) is 0 Å². The van der Waals surface area contributed by atoms with Crippen LogP contribution in [-0.2, 0) is 0 Å². The predicted molar refractivity (Wildman–Crippen MR) is 105 cm³/mol. The fourth-order valence-corrected chi connectivity index (χ4v) is 2.96. The molecular formula is C20H20ClN3O. The number of nitrogens with zero attached hydrogens (tertiary/aromatic N) is 2.